The molecule has 0 saturated heterocycles. The predicted octanol–water partition coefficient (Wildman–Crippen LogP) is 2.77. The smallest absolute Gasteiger partial charge is 0.394 e. The van der Waals surface area contributed by atoms with E-state index in [1.54, 1.807) is 24.5 Å². The van der Waals surface area contributed by atoms with Gasteiger partial charge < -0.3 is 20.8 Å². The molecular weight excluding hydrogens is 401 g/mol. The Bertz CT molecular complexity index is 998. The van der Waals surface area contributed by atoms with E-state index in [1.165, 1.54) is 0 Å². The van der Waals surface area contributed by atoms with Crippen LogP contribution in [-0.2, 0) is 6.18 Å². The Balaban J connectivity index is 1.79. The van der Waals surface area contributed by atoms with Gasteiger partial charge in [0.1, 0.15) is 5.69 Å². The third-order valence-corrected chi connectivity index (χ3v) is 3.97. The topological polar surface area (TPSA) is 116 Å². The highest BCUT2D eigenvalue weighted by molar-refractivity contribution is 5.70. The molecule has 0 fully saturated rings. The van der Waals surface area contributed by atoms with Gasteiger partial charge >= 0.3 is 6.18 Å². The average molecular weight is 420 g/mol. The van der Waals surface area contributed by atoms with Crippen LogP contribution in [0.2, 0.25) is 0 Å². The van der Waals surface area contributed by atoms with Gasteiger partial charge in [-0.3, -0.25) is 0 Å². The van der Waals surface area contributed by atoms with Gasteiger partial charge in [-0.15, -0.1) is 0 Å². The van der Waals surface area contributed by atoms with Crippen LogP contribution in [0.5, 0.6) is 0 Å². The van der Waals surface area contributed by atoms with Crippen molar-refractivity contribution < 1.29 is 23.4 Å². The maximum atomic E-state index is 12.8. The fraction of sp³-hybridized carbons (Fsp3) is 0.263. The monoisotopic (exact) mass is 420 g/mol. The number of aryl methyl sites for hydroxylation is 1. The first kappa shape index (κ1) is 21.4. The van der Waals surface area contributed by atoms with Crippen LogP contribution in [0.1, 0.15) is 11.3 Å². The first-order valence-corrected chi connectivity index (χ1v) is 8.89. The Morgan fingerprint density at radius 3 is 2.43 bits per heavy atom. The molecule has 0 aliphatic carbocycles. The quantitative estimate of drug-likeness (QED) is 0.461. The molecule has 2 aromatic heterocycles. The van der Waals surface area contributed by atoms with Gasteiger partial charge in [-0.05, 0) is 36.2 Å². The van der Waals surface area contributed by atoms with Crippen LogP contribution in [0.15, 0.2) is 42.9 Å². The molecule has 0 amide bonds. The summed E-state index contributed by atoms with van der Waals surface area (Å²) in [7, 11) is 0. The number of anilines is 3. The number of aliphatic hydroxyl groups excluding tert-OH is 2. The van der Waals surface area contributed by atoms with Crippen LogP contribution in [0, 0.1) is 6.92 Å². The highest BCUT2D eigenvalue weighted by Gasteiger charge is 2.32. The lowest BCUT2D eigenvalue weighted by Gasteiger charge is -2.12. The standard InChI is InChI=1S/C19H19F3N6O2/c1-11-4-12(13-7-24-17(25-8-13)26-9-15(30)10-29)6-14(5-11)27-18-23-3-2-16(28-18)19(20,21)22/h2-8,15,29-30H,9-10H2,1H3,(H,23,27,28)(H,24,25,26). The minimum absolute atomic E-state index is 0.103. The molecule has 3 aromatic rings. The molecule has 8 nitrogen and oxygen atoms in total. The lowest BCUT2D eigenvalue weighted by atomic mass is 10.1. The van der Waals surface area contributed by atoms with Gasteiger partial charge in [0.15, 0.2) is 0 Å². The van der Waals surface area contributed by atoms with Crippen molar-refractivity contribution in [1.29, 1.82) is 0 Å². The molecule has 0 aliphatic heterocycles. The van der Waals surface area contributed by atoms with E-state index in [4.69, 9.17) is 5.11 Å². The maximum Gasteiger partial charge on any atom is 0.433 e. The molecule has 1 aromatic carbocycles. The lowest BCUT2D eigenvalue weighted by Crippen LogP contribution is -2.23. The third kappa shape index (κ3) is 5.61. The number of hydrogen-bond donors (Lipinski definition) is 4. The first-order chi connectivity index (χ1) is 14.2. The molecule has 158 valence electrons. The van der Waals surface area contributed by atoms with E-state index in [1.807, 2.05) is 13.0 Å². The molecule has 1 unspecified atom stereocenters. The van der Waals surface area contributed by atoms with Crippen molar-refractivity contribution in [2.75, 3.05) is 23.8 Å². The van der Waals surface area contributed by atoms with Gasteiger partial charge in [0.05, 0.1) is 12.7 Å². The number of rotatable bonds is 7. The second-order valence-electron chi connectivity index (χ2n) is 6.49. The van der Waals surface area contributed by atoms with E-state index < -0.39 is 18.0 Å². The summed E-state index contributed by atoms with van der Waals surface area (Å²) in [4.78, 5) is 15.7. The molecule has 0 bridgehead atoms. The molecular formula is C19H19F3N6O2. The summed E-state index contributed by atoms with van der Waals surface area (Å²) in [6.45, 7) is 1.57. The molecule has 1 atom stereocenters. The number of hydrogen-bond acceptors (Lipinski definition) is 8. The zero-order valence-corrected chi connectivity index (χ0v) is 15.9. The maximum absolute atomic E-state index is 12.8. The molecule has 0 saturated carbocycles. The lowest BCUT2D eigenvalue weighted by molar-refractivity contribution is -0.141. The first-order valence-electron chi connectivity index (χ1n) is 8.89. The number of benzene rings is 1. The SMILES string of the molecule is Cc1cc(Nc2nccc(C(F)(F)F)n2)cc(-c2cnc(NCC(O)CO)nc2)c1. The minimum Gasteiger partial charge on any atom is -0.394 e. The van der Waals surface area contributed by atoms with Gasteiger partial charge in [-0.25, -0.2) is 19.9 Å². The number of alkyl halides is 3. The Hall–Kier alpha value is -3.31. The van der Waals surface area contributed by atoms with E-state index >= 15 is 0 Å². The van der Waals surface area contributed by atoms with Crippen LogP contribution in [0.25, 0.3) is 11.1 Å². The molecule has 3 rings (SSSR count). The summed E-state index contributed by atoms with van der Waals surface area (Å²) in [6, 6.07) is 6.15. The van der Waals surface area contributed by atoms with Crippen LogP contribution >= 0.6 is 0 Å². The van der Waals surface area contributed by atoms with Crippen LogP contribution in [0.3, 0.4) is 0 Å². The zero-order valence-electron chi connectivity index (χ0n) is 15.9. The average Bonchev–Trinajstić information content (AvgIpc) is 2.71. The summed E-state index contributed by atoms with van der Waals surface area (Å²) < 4.78 is 38.5. The highest BCUT2D eigenvalue weighted by atomic mass is 19.4. The summed E-state index contributed by atoms with van der Waals surface area (Å²) in [5, 5.41) is 23.7. The van der Waals surface area contributed by atoms with Crippen LogP contribution in [0.4, 0.5) is 30.8 Å². The van der Waals surface area contributed by atoms with Crippen LogP contribution < -0.4 is 10.6 Å². The molecule has 4 N–H and O–H groups in total. The van der Waals surface area contributed by atoms with E-state index in [0.29, 0.717) is 11.3 Å². The normalized spacial score (nSPS) is 12.5. The Morgan fingerprint density at radius 1 is 1.03 bits per heavy atom. The van der Waals surface area contributed by atoms with Crippen molar-refractivity contribution in [3.8, 4) is 11.1 Å². The van der Waals surface area contributed by atoms with Gasteiger partial charge in [0.25, 0.3) is 0 Å². The van der Waals surface area contributed by atoms with Gasteiger partial charge in [-0.1, -0.05) is 6.07 Å². The Morgan fingerprint density at radius 2 is 1.77 bits per heavy atom. The largest absolute Gasteiger partial charge is 0.433 e. The number of nitrogens with one attached hydrogen (secondary N) is 2. The van der Waals surface area contributed by atoms with Gasteiger partial charge in [0, 0.05) is 36.4 Å². The van der Waals surface area contributed by atoms with E-state index in [0.717, 1.165) is 23.4 Å². The van der Waals surface area contributed by atoms with Crippen molar-refractivity contribution in [3.05, 3.63) is 54.1 Å². The fourth-order valence-electron chi connectivity index (χ4n) is 2.57. The molecule has 2 heterocycles. The third-order valence-electron chi connectivity index (χ3n) is 3.97. The van der Waals surface area contributed by atoms with Crippen LogP contribution in [-0.4, -0.2) is 49.4 Å². The number of aromatic nitrogens is 4. The molecule has 30 heavy (non-hydrogen) atoms. The summed E-state index contributed by atoms with van der Waals surface area (Å²) in [5.41, 5.74) is 1.76. The van der Waals surface area contributed by atoms with Crippen molar-refractivity contribution in [2.24, 2.45) is 0 Å². The Labute approximate surface area is 169 Å². The van der Waals surface area contributed by atoms with Crippen molar-refractivity contribution in [1.82, 2.24) is 19.9 Å². The van der Waals surface area contributed by atoms with E-state index in [2.05, 4.69) is 30.6 Å². The molecule has 0 aliphatic rings. The molecule has 0 radical (unpaired) electrons. The van der Waals surface area contributed by atoms with E-state index in [9.17, 15) is 18.3 Å². The second kappa shape index (κ2) is 9.01. The second-order valence-corrected chi connectivity index (χ2v) is 6.49. The predicted molar refractivity (Wildman–Crippen MR) is 104 cm³/mol. The van der Waals surface area contributed by atoms with Gasteiger partial charge in [-0.2, -0.15) is 13.2 Å². The van der Waals surface area contributed by atoms with Gasteiger partial charge in [0.2, 0.25) is 11.9 Å². The van der Waals surface area contributed by atoms with Crippen molar-refractivity contribution >= 4 is 17.6 Å². The highest BCUT2D eigenvalue weighted by Crippen LogP contribution is 2.29. The Kier molecular flexibility index (Phi) is 6.43. The number of aliphatic hydroxyl groups is 2. The fourth-order valence-corrected chi connectivity index (χ4v) is 2.57. The summed E-state index contributed by atoms with van der Waals surface area (Å²) >= 11 is 0. The summed E-state index contributed by atoms with van der Waals surface area (Å²) in [6.07, 6.45) is -1.30. The van der Waals surface area contributed by atoms with Crippen molar-refractivity contribution in [3.63, 3.8) is 0 Å². The van der Waals surface area contributed by atoms with Crippen molar-refractivity contribution in [2.45, 2.75) is 19.2 Å². The molecule has 0 spiro atoms. The summed E-state index contributed by atoms with van der Waals surface area (Å²) in [5.74, 6) is 0.120. The number of nitrogens with zero attached hydrogens (tertiary/aromatic N) is 4. The number of halogens is 3. The molecule has 11 heteroatoms. The van der Waals surface area contributed by atoms with E-state index in [-0.39, 0.29) is 25.0 Å². The zero-order chi connectivity index (χ0) is 21.7. The minimum atomic E-state index is -4.56.